The van der Waals surface area contributed by atoms with Crippen molar-refractivity contribution in [3.8, 4) is 5.75 Å². The fourth-order valence-electron chi connectivity index (χ4n) is 1.77. The third-order valence-corrected chi connectivity index (χ3v) is 3.87. The normalized spacial score (nSPS) is 12.3. The van der Waals surface area contributed by atoms with Gasteiger partial charge in [0, 0.05) is 0 Å². The number of rotatable bonds is 3. The van der Waals surface area contributed by atoms with Crippen LogP contribution in [-0.4, -0.2) is 7.11 Å². The van der Waals surface area contributed by atoms with E-state index in [4.69, 9.17) is 45.3 Å². The highest BCUT2D eigenvalue weighted by molar-refractivity contribution is 6.42. The van der Waals surface area contributed by atoms with E-state index in [1.54, 1.807) is 31.4 Å². The Kier molecular flexibility index (Phi) is 4.58. The zero-order valence-corrected chi connectivity index (χ0v) is 12.4. The molecule has 0 aliphatic carbocycles. The van der Waals surface area contributed by atoms with E-state index >= 15 is 0 Å². The van der Waals surface area contributed by atoms with E-state index in [1.165, 1.54) is 0 Å². The largest absolute Gasteiger partial charge is 0.495 e. The first kappa shape index (κ1) is 14.5. The van der Waals surface area contributed by atoms with E-state index in [0.717, 1.165) is 11.1 Å². The number of hydrogen-bond acceptors (Lipinski definition) is 2. The third-order valence-electron chi connectivity index (χ3n) is 2.84. The molecule has 0 saturated heterocycles. The number of nitrogens with two attached hydrogens (primary N) is 1. The SMILES string of the molecule is COc1ccc(C(N)c2ccc(Cl)c(Cl)c2)cc1Cl. The Hall–Kier alpha value is -0.930. The van der Waals surface area contributed by atoms with Crippen LogP contribution in [-0.2, 0) is 0 Å². The van der Waals surface area contributed by atoms with Gasteiger partial charge in [0.25, 0.3) is 0 Å². The quantitative estimate of drug-likeness (QED) is 0.890. The van der Waals surface area contributed by atoms with Gasteiger partial charge in [0.05, 0.1) is 28.2 Å². The molecule has 100 valence electrons. The highest BCUT2D eigenvalue weighted by Gasteiger charge is 2.12. The molecule has 0 aromatic heterocycles. The van der Waals surface area contributed by atoms with Crippen LogP contribution in [0.15, 0.2) is 36.4 Å². The van der Waals surface area contributed by atoms with Crippen LogP contribution in [0.25, 0.3) is 0 Å². The fraction of sp³-hybridized carbons (Fsp3) is 0.143. The predicted molar refractivity (Wildman–Crippen MR) is 80.5 cm³/mol. The molecule has 2 nitrogen and oxygen atoms in total. The summed E-state index contributed by atoms with van der Waals surface area (Å²) in [6, 6.07) is 10.5. The molecular formula is C14H12Cl3NO. The van der Waals surface area contributed by atoms with E-state index < -0.39 is 0 Å². The minimum Gasteiger partial charge on any atom is -0.495 e. The summed E-state index contributed by atoms with van der Waals surface area (Å²) >= 11 is 18.0. The fourth-order valence-corrected chi connectivity index (χ4v) is 2.35. The summed E-state index contributed by atoms with van der Waals surface area (Å²) in [7, 11) is 1.57. The molecule has 2 aromatic rings. The maximum absolute atomic E-state index is 6.19. The molecule has 0 fully saturated rings. The summed E-state index contributed by atoms with van der Waals surface area (Å²) in [5.41, 5.74) is 7.94. The lowest BCUT2D eigenvalue weighted by Gasteiger charge is -2.14. The maximum atomic E-state index is 6.19. The molecule has 0 saturated carbocycles. The summed E-state index contributed by atoms with van der Waals surface area (Å²) < 4.78 is 5.11. The number of benzene rings is 2. The second-order valence-electron chi connectivity index (χ2n) is 4.05. The average Bonchev–Trinajstić information content (AvgIpc) is 2.41. The summed E-state index contributed by atoms with van der Waals surface area (Å²) in [6.45, 7) is 0. The van der Waals surface area contributed by atoms with Crippen molar-refractivity contribution >= 4 is 34.8 Å². The van der Waals surface area contributed by atoms with E-state index in [-0.39, 0.29) is 6.04 Å². The molecule has 1 unspecified atom stereocenters. The van der Waals surface area contributed by atoms with Gasteiger partial charge in [-0.15, -0.1) is 0 Å². The monoisotopic (exact) mass is 315 g/mol. The summed E-state index contributed by atoms with van der Waals surface area (Å²) in [6.07, 6.45) is 0. The molecule has 19 heavy (non-hydrogen) atoms. The molecule has 0 spiro atoms. The van der Waals surface area contributed by atoms with Gasteiger partial charge in [-0.2, -0.15) is 0 Å². The summed E-state index contributed by atoms with van der Waals surface area (Å²) in [5, 5.41) is 1.51. The standard InChI is InChI=1S/C14H12Cl3NO/c1-19-13-5-3-9(7-12(13)17)14(18)8-2-4-10(15)11(16)6-8/h2-7,14H,18H2,1H3. The van der Waals surface area contributed by atoms with Crippen LogP contribution in [0.3, 0.4) is 0 Å². The van der Waals surface area contributed by atoms with Gasteiger partial charge in [0.1, 0.15) is 5.75 Å². The summed E-state index contributed by atoms with van der Waals surface area (Å²) in [4.78, 5) is 0. The van der Waals surface area contributed by atoms with Crippen LogP contribution >= 0.6 is 34.8 Å². The van der Waals surface area contributed by atoms with Crippen molar-refractivity contribution in [3.05, 3.63) is 62.6 Å². The summed E-state index contributed by atoms with van der Waals surface area (Å²) in [5.74, 6) is 0.617. The lowest BCUT2D eigenvalue weighted by molar-refractivity contribution is 0.415. The van der Waals surface area contributed by atoms with Gasteiger partial charge in [0.15, 0.2) is 0 Å². The minimum atomic E-state index is -0.321. The number of methoxy groups -OCH3 is 1. The van der Waals surface area contributed by atoms with Crippen molar-refractivity contribution < 1.29 is 4.74 Å². The molecule has 2 N–H and O–H groups in total. The molecule has 0 bridgehead atoms. The highest BCUT2D eigenvalue weighted by Crippen LogP contribution is 2.31. The maximum Gasteiger partial charge on any atom is 0.137 e. The zero-order chi connectivity index (χ0) is 14.0. The van der Waals surface area contributed by atoms with E-state index in [0.29, 0.717) is 20.8 Å². The first-order valence-corrected chi connectivity index (χ1v) is 6.70. The number of ether oxygens (including phenoxy) is 1. The molecule has 2 aromatic carbocycles. The van der Waals surface area contributed by atoms with Gasteiger partial charge in [-0.1, -0.05) is 46.9 Å². The molecule has 1 atom stereocenters. The van der Waals surface area contributed by atoms with Gasteiger partial charge < -0.3 is 10.5 Å². The Labute approximate surface area is 127 Å². The van der Waals surface area contributed by atoms with Gasteiger partial charge in [-0.3, -0.25) is 0 Å². The van der Waals surface area contributed by atoms with Crippen LogP contribution < -0.4 is 10.5 Å². The van der Waals surface area contributed by atoms with Crippen molar-refractivity contribution in [1.29, 1.82) is 0 Å². The number of hydrogen-bond donors (Lipinski definition) is 1. The van der Waals surface area contributed by atoms with Gasteiger partial charge in [-0.05, 0) is 35.4 Å². The Morgan fingerprint density at radius 2 is 1.47 bits per heavy atom. The van der Waals surface area contributed by atoms with Gasteiger partial charge >= 0.3 is 0 Å². The van der Waals surface area contributed by atoms with Crippen LogP contribution in [0.2, 0.25) is 15.1 Å². The predicted octanol–water partition coefficient (Wildman–Crippen LogP) is 4.70. The molecule has 0 radical (unpaired) electrons. The molecular weight excluding hydrogens is 305 g/mol. The molecule has 2 rings (SSSR count). The molecule has 0 aliphatic rings. The zero-order valence-electron chi connectivity index (χ0n) is 10.2. The average molecular weight is 317 g/mol. The van der Waals surface area contributed by atoms with Crippen molar-refractivity contribution in [2.24, 2.45) is 5.73 Å². The first-order chi connectivity index (χ1) is 9.02. The first-order valence-electron chi connectivity index (χ1n) is 5.57. The van der Waals surface area contributed by atoms with Crippen molar-refractivity contribution in [1.82, 2.24) is 0 Å². The van der Waals surface area contributed by atoms with Crippen molar-refractivity contribution in [2.45, 2.75) is 6.04 Å². The lowest BCUT2D eigenvalue weighted by Crippen LogP contribution is -2.11. The molecule has 0 aliphatic heterocycles. The van der Waals surface area contributed by atoms with E-state index in [2.05, 4.69) is 0 Å². The second-order valence-corrected chi connectivity index (χ2v) is 5.27. The molecule has 0 amide bonds. The second kappa shape index (κ2) is 6.02. The van der Waals surface area contributed by atoms with Gasteiger partial charge in [-0.25, -0.2) is 0 Å². The third kappa shape index (κ3) is 3.15. The van der Waals surface area contributed by atoms with E-state index in [1.807, 2.05) is 12.1 Å². The van der Waals surface area contributed by atoms with Crippen molar-refractivity contribution in [3.63, 3.8) is 0 Å². The molecule has 0 heterocycles. The Bertz CT molecular complexity index is 601. The topological polar surface area (TPSA) is 35.2 Å². The van der Waals surface area contributed by atoms with Crippen LogP contribution in [0.1, 0.15) is 17.2 Å². The number of halogens is 3. The van der Waals surface area contributed by atoms with Gasteiger partial charge in [0.2, 0.25) is 0 Å². The van der Waals surface area contributed by atoms with Crippen molar-refractivity contribution in [2.75, 3.05) is 7.11 Å². The van der Waals surface area contributed by atoms with Crippen LogP contribution in [0, 0.1) is 0 Å². The Balaban J connectivity index is 2.35. The highest BCUT2D eigenvalue weighted by atomic mass is 35.5. The lowest BCUT2D eigenvalue weighted by atomic mass is 9.99. The van der Waals surface area contributed by atoms with E-state index in [9.17, 15) is 0 Å². The van der Waals surface area contributed by atoms with Crippen LogP contribution in [0.5, 0.6) is 5.75 Å². The Morgan fingerprint density at radius 3 is 2.00 bits per heavy atom. The van der Waals surface area contributed by atoms with Crippen LogP contribution in [0.4, 0.5) is 0 Å². The smallest absolute Gasteiger partial charge is 0.137 e. The minimum absolute atomic E-state index is 0.321. The molecule has 5 heteroatoms. The Morgan fingerprint density at radius 1 is 0.895 bits per heavy atom.